The van der Waals surface area contributed by atoms with Crippen molar-refractivity contribution in [3.8, 4) is 5.75 Å². The molecule has 0 radical (unpaired) electrons. The van der Waals surface area contributed by atoms with Gasteiger partial charge in [-0.05, 0) is 65.3 Å². The Morgan fingerprint density at radius 1 is 0.893 bits per heavy atom. The van der Waals surface area contributed by atoms with E-state index in [4.69, 9.17) is 4.74 Å². The Balaban J connectivity index is 1.83. The second-order valence-corrected chi connectivity index (χ2v) is 7.03. The smallest absolute Gasteiger partial charge is 0.256 e. The van der Waals surface area contributed by atoms with E-state index < -0.39 is 0 Å². The van der Waals surface area contributed by atoms with Crippen molar-refractivity contribution in [3.63, 3.8) is 0 Å². The first-order chi connectivity index (χ1) is 13.5. The molecule has 0 saturated carbocycles. The number of nitrogens with one attached hydrogen (secondary N) is 2. The summed E-state index contributed by atoms with van der Waals surface area (Å²) >= 11 is 3.37. The van der Waals surface area contributed by atoms with Gasteiger partial charge in [-0.1, -0.05) is 29.8 Å². The molecule has 0 unspecified atom stereocenters. The number of hydrogen-bond donors (Lipinski definition) is 2. The number of amides is 2. The molecule has 0 fully saturated rings. The van der Waals surface area contributed by atoms with Crippen LogP contribution in [-0.2, 0) is 0 Å². The van der Waals surface area contributed by atoms with Gasteiger partial charge in [0.15, 0.2) is 0 Å². The Kier molecular flexibility index (Phi) is 6.11. The minimum absolute atomic E-state index is 0.253. The molecular formula is C22H19BrN2O3. The Morgan fingerprint density at radius 2 is 1.68 bits per heavy atom. The molecule has 142 valence electrons. The van der Waals surface area contributed by atoms with Gasteiger partial charge in [-0.25, -0.2) is 0 Å². The highest BCUT2D eigenvalue weighted by atomic mass is 79.9. The molecule has 3 rings (SSSR count). The molecule has 0 saturated heterocycles. The first-order valence-electron chi connectivity index (χ1n) is 8.60. The van der Waals surface area contributed by atoms with Crippen molar-refractivity contribution in [1.29, 1.82) is 0 Å². The van der Waals surface area contributed by atoms with Crippen molar-refractivity contribution in [1.82, 2.24) is 0 Å². The zero-order chi connectivity index (χ0) is 20.1. The summed E-state index contributed by atoms with van der Waals surface area (Å²) in [5, 5.41) is 5.68. The molecule has 3 aromatic carbocycles. The summed E-state index contributed by atoms with van der Waals surface area (Å²) in [6.45, 7) is 1.93. The van der Waals surface area contributed by atoms with Crippen LogP contribution in [0.3, 0.4) is 0 Å². The van der Waals surface area contributed by atoms with E-state index in [0.29, 0.717) is 32.7 Å². The average molecular weight is 439 g/mol. The van der Waals surface area contributed by atoms with E-state index in [9.17, 15) is 9.59 Å². The zero-order valence-corrected chi connectivity index (χ0v) is 17.0. The quantitative estimate of drug-likeness (QED) is 0.569. The van der Waals surface area contributed by atoms with Gasteiger partial charge in [0.2, 0.25) is 0 Å². The standard InChI is InChI=1S/C22H19BrN2O3/c1-14-6-5-7-15(12-14)21(26)25-19-13-16(10-11-20(19)28-2)24-22(27)17-8-3-4-9-18(17)23/h3-13H,1-2H3,(H,24,27)(H,25,26). The van der Waals surface area contributed by atoms with Crippen LogP contribution in [0.5, 0.6) is 5.75 Å². The molecule has 5 nitrogen and oxygen atoms in total. The third kappa shape index (κ3) is 4.58. The number of carbonyl (C=O) groups excluding carboxylic acids is 2. The van der Waals surface area contributed by atoms with Crippen molar-refractivity contribution in [3.05, 3.63) is 87.9 Å². The first kappa shape index (κ1) is 19.6. The molecule has 0 bridgehead atoms. The van der Waals surface area contributed by atoms with Gasteiger partial charge in [-0.3, -0.25) is 9.59 Å². The van der Waals surface area contributed by atoms with Gasteiger partial charge in [-0.2, -0.15) is 0 Å². The third-order valence-electron chi connectivity index (χ3n) is 4.10. The molecule has 0 aliphatic rings. The fourth-order valence-corrected chi connectivity index (χ4v) is 3.17. The number of carbonyl (C=O) groups is 2. The maximum Gasteiger partial charge on any atom is 0.256 e. The SMILES string of the molecule is COc1ccc(NC(=O)c2ccccc2Br)cc1NC(=O)c1cccc(C)c1. The topological polar surface area (TPSA) is 67.4 Å². The van der Waals surface area contributed by atoms with Gasteiger partial charge in [0.25, 0.3) is 11.8 Å². The average Bonchev–Trinajstić information content (AvgIpc) is 2.68. The molecule has 2 N–H and O–H groups in total. The van der Waals surface area contributed by atoms with E-state index in [-0.39, 0.29) is 11.8 Å². The van der Waals surface area contributed by atoms with Crippen molar-refractivity contribution in [2.24, 2.45) is 0 Å². The maximum absolute atomic E-state index is 12.6. The lowest BCUT2D eigenvalue weighted by Gasteiger charge is -2.13. The predicted molar refractivity (Wildman–Crippen MR) is 114 cm³/mol. The molecule has 28 heavy (non-hydrogen) atoms. The largest absolute Gasteiger partial charge is 0.495 e. The van der Waals surface area contributed by atoms with Crippen molar-refractivity contribution in [2.45, 2.75) is 6.92 Å². The highest BCUT2D eigenvalue weighted by Gasteiger charge is 2.13. The van der Waals surface area contributed by atoms with E-state index >= 15 is 0 Å². The molecule has 6 heteroatoms. The minimum atomic E-state index is -0.256. The molecule has 0 heterocycles. The van der Waals surface area contributed by atoms with Gasteiger partial charge in [0, 0.05) is 15.7 Å². The maximum atomic E-state index is 12.6. The number of aryl methyl sites for hydroxylation is 1. The van der Waals surface area contributed by atoms with Crippen LogP contribution < -0.4 is 15.4 Å². The zero-order valence-electron chi connectivity index (χ0n) is 15.5. The van der Waals surface area contributed by atoms with Crippen LogP contribution in [-0.4, -0.2) is 18.9 Å². The molecule has 0 aromatic heterocycles. The van der Waals surface area contributed by atoms with Crippen LogP contribution in [0.25, 0.3) is 0 Å². The number of hydrogen-bond acceptors (Lipinski definition) is 3. The molecule has 3 aromatic rings. The number of benzene rings is 3. The van der Waals surface area contributed by atoms with E-state index in [1.807, 2.05) is 25.1 Å². The van der Waals surface area contributed by atoms with E-state index in [2.05, 4.69) is 26.6 Å². The molecule has 0 aliphatic carbocycles. The third-order valence-corrected chi connectivity index (χ3v) is 4.80. The van der Waals surface area contributed by atoms with Gasteiger partial charge >= 0.3 is 0 Å². The second kappa shape index (κ2) is 8.71. The van der Waals surface area contributed by atoms with Gasteiger partial charge in [0.05, 0.1) is 18.4 Å². The molecule has 2 amide bonds. The van der Waals surface area contributed by atoms with E-state index in [1.165, 1.54) is 7.11 Å². The lowest BCUT2D eigenvalue weighted by Crippen LogP contribution is -2.15. The fourth-order valence-electron chi connectivity index (χ4n) is 2.71. The highest BCUT2D eigenvalue weighted by Crippen LogP contribution is 2.29. The van der Waals surface area contributed by atoms with Crippen LogP contribution in [0.2, 0.25) is 0 Å². The lowest BCUT2D eigenvalue weighted by atomic mass is 10.1. The summed E-state index contributed by atoms with van der Waals surface area (Å²) in [5.74, 6) is -0.00947. The van der Waals surface area contributed by atoms with E-state index in [0.717, 1.165) is 5.56 Å². The van der Waals surface area contributed by atoms with Gasteiger partial charge in [0.1, 0.15) is 5.75 Å². The summed E-state index contributed by atoms with van der Waals surface area (Å²) in [4.78, 5) is 25.1. The van der Waals surface area contributed by atoms with Crippen molar-refractivity contribution in [2.75, 3.05) is 17.7 Å². The summed E-state index contributed by atoms with van der Waals surface area (Å²) in [6.07, 6.45) is 0. The summed E-state index contributed by atoms with van der Waals surface area (Å²) in [5.41, 5.74) is 3.07. The molecular weight excluding hydrogens is 420 g/mol. The summed E-state index contributed by atoms with van der Waals surface area (Å²) in [7, 11) is 1.52. The Bertz CT molecular complexity index is 1030. The van der Waals surface area contributed by atoms with Gasteiger partial charge in [-0.15, -0.1) is 0 Å². The fraction of sp³-hybridized carbons (Fsp3) is 0.0909. The second-order valence-electron chi connectivity index (χ2n) is 6.17. The van der Waals surface area contributed by atoms with Gasteiger partial charge < -0.3 is 15.4 Å². The monoisotopic (exact) mass is 438 g/mol. The molecule has 0 aliphatic heterocycles. The first-order valence-corrected chi connectivity index (χ1v) is 9.39. The van der Waals surface area contributed by atoms with Crippen LogP contribution in [0.1, 0.15) is 26.3 Å². The molecule has 0 spiro atoms. The lowest BCUT2D eigenvalue weighted by molar-refractivity contribution is 0.101. The van der Waals surface area contributed by atoms with E-state index in [1.54, 1.807) is 48.5 Å². The number of methoxy groups -OCH3 is 1. The van der Waals surface area contributed by atoms with Crippen LogP contribution in [0.15, 0.2) is 71.2 Å². The van der Waals surface area contributed by atoms with Crippen LogP contribution in [0, 0.1) is 6.92 Å². The number of rotatable bonds is 5. The normalized spacial score (nSPS) is 10.2. The number of halogens is 1. The Labute approximate surface area is 171 Å². The van der Waals surface area contributed by atoms with Crippen molar-refractivity contribution >= 4 is 39.1 Å². The summed E-state index contributed by atoms with van der Waals surface area (Å²) < 4.78 is 6.04. The highest BCUT2D eigenvalue weighted by molar-refractivity contribution is 9.10. The minimum Gasteiger partial charge on any atom is -0.495 e. The van der Waals surface area contributed by atoms with Crippen LogP contribution in [0.4, 0.5) is 11.4 Å². The van der Waals surface area contributed by atoms with Crippen molar-refractivity contribution < 1.29 is 14.3 Å². The number of anilines is 2. The Hall–Kier alpha value is -3.12. The number of ether oxygens (including phenoxy) is 1. The Morgan fingerprint density at radius 3 is 2.39 bits per heavy atom. The molecule has 0 atom stereocenters. The summed E-state index contributed by atoms with van der Waals surface area (Å²) in [6, 6.07) is 19.5. The van der Waals surface area contributed by atoms with Crippen LogP contribution >= 0.6 is 15.9 Å². The predicted octanol–water partition coefficient (Wildman–Crippen LogP) is 5.27.